The van der Waals surface area contributed by atoms with Crippen molar-refractivity contribution < 1.29 is 14.3 Å². The lowest BCUT2D eigenvalue weighted by Gasteiger charge is -2.33. The van der Waals surface area contributed by atoms with E-state index in [0.29, 0.717) is 43.1 Å². The molecule has 1 aliphatic heterocycles. The Morgan fingerprint density at radius 1 is 1.28 bits per heavy atom. The highest BCUT2D eigenvalue weighted by Crippen LogP contribution is 2.30. The van der Waals surface area contributed by atoms with Gasteiger partial charge in [0, 0.05) is 43.1 Å². The Morgan fingerprint density at radius 2 is 2.03 bits per heavy atom. The van der Waals surface area contributed by atoms with Crippen LogP contribution in [-0.2, 0) is 4.74 Å². The largest absolute Gasteiger partial charge is 0.473 e. The molecule has 2 aromatic heterocycles. The lowest BCUT2D eigenvalue weighted by atomic mass is 10.1. The number of carbonyl (C=O) groups is 1. The number of nitrogens with one attached hydrogen (secondary N) is 1. The van der Waals surface area contributed by atoms with Crippen LogP contribution >= 0.6 is 0 Å². The van der Waals surface area contributed by atoms with E-state index in [1.165, 1.54) is 0 Å². The van der Waals surface area contributed by atoms with Crippen LogP contribution in [-0.4, -0.2) is 50.7 Å². The summed E-state index contributed by atoms with van der Waals surface area (Å²) >= 11 is 0. The highest BCUT2D eigenvalue weighted by Gasteiger charge is 2.28. The lowest BCUT2D eigenvalue weighted by Crippen LogP contribution is -2.44. The van der Waals surface area contributed by atoms with E-state index >= 15 is 0 Å². The number of likely N-dealkylation sites (tertiary alicyclic amines) is 1. The second-order valence-electron chi connectivity index (χ2n) is 8.97. The van der Waals surface area contributed by atoms with Crippen molar-refractivity contribution in [3.63, 3.8) is 0 Å². The van der Waals surface area contributed by atoms with Crippen LogP contribution in [0.25, 0.3) is 22.2 Å². The summed E-state index contributed by atoms with van der Waals surface area (Å²) in [7, 11) is 0. The second-order valence-corrected chi connectivity index (χ2v) is 8.97. The smallest absolute Gasteiger partial charge is 0.410 e. The SMILES string of the molecule is Cc1nc(-c2c[nH]c3c(C#N)cccc23)cnc1OC1CCN(C(=O)OC(C)(C)C)CC1. The quantitative estimate of drug-likeness (QED) is 0.648. The average Bonchev–Trinajstić information content (AvgIpc) is 3.19. The van der Waals surface area contributed by atoms with E-state index in [-0.39, 0.29) is 12.2 Å². The Kier molecular flexibility index (Phi) is 5.74. The molecule has 1 fully saturated rings. The van der Waals surface area contributed by atoms with Crippen molar-refractivity contribution >= 4 is 17.0 Å². The normalized spacial score (nSPS) is 14.9. The summed E-state index contributed by atoms with van der Waals surface area (Å²) in [6.07, 6.45) is 4.65. The molecule has 1 amide bonds. The number of hydrogen-bond acceptors (Lipinski definition) is 6. The third-order valence-corrected chi connectivity index (χ3v) is 5.39. The molecule has 3 heterocycles. The van der Waals surface area contributed by atoms with Crippen molar-refractivity contribution in [3.05, 3.63) is 41.9 Å². The molecule has 0 radical (unpaired) electrons. The van der Waals surface area contributed by atoms with E-state index in [2.05, 4.69) is 16.0 Å². The van der Waals surface area contributed by atoms with Gasteiger partial charge >= 0.3 is 6.09 Å². The molecule has 1 aliphatic rings. The maximum Gasteiger partial charge on any atom is 0.410 e. The fourth-order valence-corrected chi connectivity index (χ4v) is 3.82. The molecule has 1 N–H and O–H groups in total. The maximum atomic E-state index is 12.2. The molecule has 0 saturated carbocycles. The molecule has 8 nitrogen and oxygen atoms in total. The number of nitriles is 1. The first-order chi connectivity index (χ1) is 15.2. The molecule has 8 heteroatoms. The van der Waals surface area contributed by atoms with Crippen molar-refractivity contribution in [2.24, 2.45) is 0 Å². The molecule has 0 unspecified atom stereocenters. The van der Waals surface area contributed by atoms with Crippen LogP contribution in [0.15, 0.2) is 30.6 Å². The number of fused-ring (bicyclic) bond motifs is 1. The first kappa shape index (κ1) is 21.6. The number of rotatable bonds is 3. The van der Waals surface area contributed by atoms with Gasteiger partial charge in [0.05, 0.1) is 23.0 Å². The number of amides is 1. The van der Waals surface area contributed by atoms with E-state index < -0.39 is 5.60 Å². The molecule has 166 valence electrons. The molecule has 0 bridgehead atoms. The van der Waals surface area contributed by atoms with Gasteiger partial charge in [0.1, 0.15) is 23.5 Å². The van der Waals surface area contributed by atoms with Crippen LogP contribution < -0.4 is 4.74 Å². The molecule has 0 aliphatic carbocycles. The van der Waals surface area contributed by atoms with Gasteiger partial charge in [-0.05, 0) is 33.8 Å². The van der Waals surface area contributed by atoms with Crippen LogP contribution in [0.4, 0.5) is 4.79 Å². The third kappa shape index (κ3) is 4.52. The standard InChI is InChI=1S/C24H27N5O3/c1-15-22(31-17-8-10-29(11-9-17)23(30)32-24(2,3)4)27-14-20(28-15)19-13-26-21-16(12-25)6-5-7-18(19)21/h5-7,13-14,17,26H,8-11H2,1-4H3. The second kappa shape index (κ2) is 8.50. The lowest BCUT2D eigenvalue weighted by molar-refractivity contribution is 0.0122. The summed E-state index contributed by atoms with van der Waals surface area (Å²) in [6.45, 7) is 8.64. The van der Waals surface area contributed by atoms with Gasteiger partial charge in [-0.25, -0.2) is 14.8 Å². The highest BCUT2D eigenvalue weighted by atomic mass is 16.6. The Balaban J connectivity index is 1.43. The number of aromatic amines is 1. The zero-order valence-electron chi connectivity index (χ0n) is 18.8. The van der Waals surface area contributed by atoms with E-state index in [9.17, 15) is 10.1 Å². The fourth-order valence-electron chi connectivity index (χ4n) is 3.82. The summed E-state index contributed by atoms with van der Waals surface area (Å²) in [5.74, 6) is 0.502. The van der Waals surface area contributed by atoms with Gasteiger partial charge in [-0.15, -0.1) is 0 Å². The fraction of sp³-hybridized carbons (Fsp3) is 0.417. The maximum absolute atomic E-state index is 12.2. The van der Waals surface area contributed by atoms with Crippen LogP contribution in [0, 0.1) is 18.3 Å². The van der Waals surface area contributed by atoms with E-state index in [1.54, 1.807) is 17.2 Å². The Labute approximate surface area is 187 Å². The summed E-state index contributed by atoms with van der Waals surface area (Å²) in [4.78, 5) is 26.3. The summed E-state index contributed by atoms with van der Waals surface area (Å²) < 4.78 is 11.6. The van der Waals surface area contributed by atoms with Gasteiger partial charge in [-0.1, -0.05) is 12.1 Å². The Hall–Kier alpha value is -3.60. The zero-order valence-corrected chi connectivity index (χ0v) is 18.8. The third-order valence-electron chi connectivity index (χ3n) is 5.39. The minimum absolute atomic E-state index is 0.0289. The van der Waals surface area contributed by atoms with Crippen LogP contribution in [0.5, 0.6) is 5.88 Å². The van der Waals surface area contributed by atoms with Crippen LogP contribution in [0.1, 0.15) is 44.9 Å². The summed E-state index contributed by atoms with van der Waals surface area (Å²) in [6, 6.07) is 7.81. The number of nitrogens with zero attached hydrogens (tertiary/aromatic N) is 4. The van der Waals surface area contributed by atoms with Crippen LogP contribution in [0.2, 0.25) is 0 Å². The first-order valence-electron chi connectivity index (χ1n) is 10.7. The topological polar surface area (TPSA) is 104 Å². The van der Waals surface area contributed by atoms with Crippen molar-refractivity contribution in [1.82, 2.24) is 19.9 Å². The first-order valence-corrected chi connectivity index (χ1v) is 10.7. The molecule has 0 spiro atoms. The van der Waals surface area contributed by atoms with Crippen LogP contribution in [0.3, 0.4) is 0 Å². The van der Waals surface area contributed by atoms with Gasteiger partial charge in [-0.2, -0.15) is 5.26 Å². The number of aryl methyl sites for hydroxylation is 1. The van der Waals surface area contributed by atoms with Crippen molar-refractivity contribution in [2.75, 3.05) is 13.1 Å². The van der Waals surface area contributed by atoms with Crippen molar-refractivity contribution in [2.45, 2.75) is 52.2 Å². The van der Waals surface area contributed by atoms with Gasteiger partial charge in [0.25, 0.3) is 0 Å². The molecule has 0 atom stereocenters. The van der Waals surface area contributed by atoms with Crippen molar-refractivity contribution in [3.8, 4) is 23.2 Å². The zero-order chi connectivity index (χ0) is 22.9. The number of hydrogen-bond donors (Lipinski definition) is 1. The molecular weight excluding hydrogens is 406 g/mol. The predicted molar refractivity (Wildman–Crippen MR) is 120 cm³/mol. The number of aromatic nitrogens is 3. The Bertz CT molecular complexity index is 1180. The number of H-pyrrole nitrogens is 1. The molecular formula is C24H27N5O3. The molecule has 1 saturated heterocycles. The minimum Gasteiger partial charge on any atom is -0.473 e. The number of ether oxygens (including phenoxy) is 2. The van der Waals surface area contributed by atoms with E-state index in [1.807, 2.05) is 46.0 Å². The van der Waals surface area contributed by atoms with Gasteiger partial charge < -0.3 is 19.4 Å². The molecule has 3 aromatic rings. The predicted octanol–water partition coefficient (Wildman–Crippen LogP) is 4.58. The molecule has 4 rings (SSSR count). The molecule has 32 heavy (non-hydrogen) atoms. The monoisotopic (exact) mass is 433 g/mol. The number of para-hydroxylation sites is 1. The van der Waals surface area contributed by atoms with E-state index in [0.717, 1.165) is 22.2 Å². The van der Waals surface area contributed by atoms with Gasteiger partial charge in [0.15, 0.2) is 0 Å². The summed E-state index contributed by atoms with van der Waals surface area (Å²) in [5, 5.41) is 10.2. The minimum atomic E-state index is -0.500. The summed E-state index contributed by atoms with van der Waals surface area (Å²) in [5.41, 5.74) is 3.20. The van der Waals surface area contributed by atoms with E-state index in [4.69, 9.17) is 14.5 Å². The Morgan fingerprint density at radius 3 is 2.69 bits per heavy atom. The molecule has 1 aromatic carbocycles. The van der Waals surface area contributed by atoms with Gasteiger partial charge in [0.2, 0.25) is 5.88 Å². The number of piperidine rings is 1. The van der Waals surface area contributed by atoms with Gasteiger partial charge in [-0.3, -0.25) is 0 Å². The highest BCUT2D eigenvalue weighted by molar-refractivity contribution is 5.97. The van der Waals surface area contributed by atoms with Crippen molar-refractivity contribution in [1.29, 1.82) is 5.26 Å². The number of carbonyl (C=O) groups excluding carboxylic acids is 1. The number of benzene rings is 1. The average molecular weight is 434 g/mol.